The molecule has 5 heteroatoms. The number of halogens is 3. The molecule has 0 unspecified atom stereocenters. The topological polar surface area (TPSA) is 38.9 Å². The lowest BCUT2D eigenvalue weighted by Gasteiger charge is -2.06. The standard InChI is InChI=1S/C7H7ClF2N2/c1-3-4(8)2-12-6(5(3)11)7(9)10/h2,7H,11H2,1H3. The summed E-state index contributed by atoms with van der Waals surface area (Å²) >= 11 is 5.60. The molecule has 0 amide bonds. The molecule has 0 aromatic carbocycles. The predicted molar refractivity (Wildman–Crippen MR) is 43.4 cm³/mol. The van der Waals surface area contributed by atoms with Crippen molar-refractivity contribution in [2.24, 2.45) is 0 Å². The van der Waals surface area contributed by atoms with Gasteiger partial charge >= 0.3 is 0 Å². The Morgan fingerprint density at radius 3 is 2.67 bits per heavy atom. The zero-order valence-electron chi connectivity index (χ0n) is 6.31. The number of pyridine rings is 1. The summed E-state index contributed by atoms with van der Waals surface area (Å²) in [5.74, 6) is 0. The molecule has 1 rings (SSSR count). The van der Waals surface area contributed by atoms with E-state index >= 15 is 0 Å². The van der Waals surface area contributed by atoms with Gasteiger partial charge in [0.2, 0.25) is 0 Å². The molecule has 2 nitrogen and oxygen atoms in total. The van der Waals surface area contributed by atoms with Gasteiger partial charge in [-0.05, 0) is 12.5 Å². The number of nitrogens with two attached hydrogens (primary N) is 1. The Bertz CT molecular complexity index is 302. The number of hydrogen-bond acceptors (Lipinski definition) is 2. The molecule has 1 aromatic rings. The minimum Gasteiger partial charge on any atom is -0.397 e. The van der Waals surface area contributed by atoms with E-state index in [4.69, 9.17) is 17.3 Å². The monoisotopic (exact) mass is 192 g/mol. The smallest absolute Gasteiger partial charge is 0.282 e. The van der Waals surface area contributed by atoms with Crippen LogP contribution in [0.2, 0.25) is 5.02 Å². The van der Waals surface area contributed by atoms with Crippen molar-refractivity contribution in [3.63, 3.8) is 0 Å². The van der Waals surface area contributed by atoms with E-state index in [-0.39, 0.29) is 5.69 Å². The molecule has 0 fully saturated rings. The molecule has 66 valence electrons. The highest BCUT2D eigenvalue weighted by molar-refractivity contribution is 6.31. The van der Waals surface area contributed by atoms with Crippen LogP contribution in [0.15, 0.2) is 6.20 Å². The number of nitrogen functional groups attached to an aromatic ring is 1. The first kappa shape index (κ1) is 9.19. The molecule has 0 radical (unpaired) electrons. The van der Waals surface area contributed by atoms with E-state index in [9.17, 15) is 8.78 Å². The molecule has 0 saturated heterocycles. The Hall–Kier alpha value is -0.900. The first-order valence-electron chi connectivity index (χ1n) is 3.22. The molecule has 12 heavy (non-hydrogen) atoms. The number of hydrogen-bond donors (Lipinski definition) is 1. The van der Waals surface area contributed by atoms with Crippen LogP contribution in [0.4, 0.5) is 14.5 Å². The maximum atomic E-state index is 12.2. The van der Waals surface area contributed by atoms with Crippen LogP contribution in [0, 0.1) is 6.92 Å². The summed E-state index contributed by atoms with van der Waals surface area (Å²) in [7, 11) is 0. The Morgan fingerprint density at radius 2 is 2.17 bits per heavy atom. The second kappa shape index (κ2) is 3.23. The lowest BCUT2D eigenvalue weighted by molar-refractivity contribution is 0.147. The fourth-order valence-corrected chi connectivity index (χ4v) is 0.938. The summed E-state index contributed by atoms with van der Waals surface area (Å²) in [6.45, 7) is 1.57. The molecule has 0 aliphatic carbocycles. The van der Waals surface area contributed by atoms with Gasteiger partial charge in [-0.25, -0.2) is 8.78 Å². The highest BCUT2D eigenvalue weighted by atomic mass is 35.5. The quantitative estimate of drug-likeness (QED) is 0.743. The van der Waals surface area contributed by atoms with E-state index in [0.29, 0.717) is 10.6 Å². The number of alkyl halides is 2. The van der Waals surface area contributed by atoms with Crippen molar-refractivity contribution in [2.45, 2.75) is 13.3 Å². The first-order valence-corrected chi connectivity index (χ1v) is 3.60. The molecular formula is C7H7ClF2N2. The third-order valence-electron chi connectivity index (χ3n) is 1.56. The SMILES string of the molecule is Cc1c(Cl)cnc(C(F)F)c1N. The molecule has 1 aromatic heterocycles. The van der Waals surface area contributed by atoms with Crippen LogP contribution in [0.5, 0.6) is 0 Å². The van der Waals surface area contributed by atoms with Crippen LogP contribution in [0.25, 0.3) is 0 Å². The second-order valence-corrected chi connectivity index (χ2v) is 2.74. The van der Waals surface area contributed by atoms with Crippen molar-refractivity contribution in [3.8, 4) is 0 Å². The summed E-state index contributed by atoms with van der Waals surface area (Å²) < 4.78 is 24.3. The molecule has 0 bridgehead atoms. The molecule has 0 aliphatic rings. The zero-order valence-corrected chi connectivity index (χ0v) is 7.07. The van der Waals surface area contributed by atoms with Crippen molar-refractivity contribution < 1.29 is 8.78 Å². The maximum absolute atomic E-state index is 12.2. The number of anilines is 1. The van der Waals surface area contributed by atoms with Gasteiger partial charge in [-0.15, -0.1) is 0 Å². The van der Waals surface area contributed by atoms with Gasteiger partial charge in [-0.2, -0.15) is 0 Å². The molecule has 0 spiro atoms. The summed E-state index contributed by atoms with van der Waals surface area (Å²) in [6.07, 6.45) is -1.48. The van der Waals surface area contributed by atoms with Crippen LogP contribution < -0.4 is 5.73 Å². The molecule has 0 atom stereocenters. The normalized spacial score (nSPS) is 10.8. The third kappa shape index (κ3) is 1.48. The minimum atomic E-state index is -2.65. The van der Waals surface area contributed by atoms with Crippen molar-refractivity contribution in [1.29, 1.82) is 0 Å². The zero-order chi connectivity index (χ0) is 9.30. The van der Waals surface area contributed by atoms with Gasteiger partial charge in [0.25, 0.3) is 6.43 Å². The molecular weight excluding hydrogens is 186 g/mol. The summed E-state index contributed by atoms with van der Waals surface area (Å²) in [5.41, 5.74) is 5.37. The third-order valence-corrected chi connectivity index (χ3v) is 1.94. The highest BCUT2D eigenvalue weighted by Crippen LogP contribution is 2.28. The Morgan fingerprint density at radius 1 is 1.58 bits per heavy atom. The van der Waals surface area contributed by atoms with Gasteiger partial charge in [0.05, 0.1) is 10.7 Å². The average molecular weight is 193 g/mol. The van der Waals surface area contributed by atoms with Gasteiger partial charge in [-0.3, -0.25) is 4.98 Å². The van der Waals surface area contributed by atoms with Crippen LogP contribution in [-0.2, 0) is 0 Å². The first-order chi connectivity index (χ1) is 5.54. The van der Waals surface area contributed by atoms with Crippen LogP contribution in [0.1, 0.15) is 17.7 Å². The fourth-order valence-electron chi connectivity index (χ4n) is 0.787. The van der Waals surface area contributed by atoms with E-state index < -0.39 is 12.1 Å². The number of nitrogens with zero attached hydrogens (tertiary/aromatic N) is 1. The van der Waals surface area contributed by atoms with Gasteiger partial charge in [0, 0.05) is 6.20 Å². The van der Waals surface area contributed by atoms with Gasteiger partial charge in [0.1, 0.15) is 5.69 Å². The maximum Gasteiger partial charge on any atom is 0.282 e. The van der Waals surface area contributed by atoms with Crippen LogP contribution in [0.3, 0.4) is 0 Å². The molecule has 0 saturated carbocycles. The van der Waals surface area contributed by atoms with Crippen molar-refractivity contribution >= 4 is 17.3 Å². The average Bonchev–Trinajstić information content (AvgIpc) is 2.00. The summed E-state index contributed by atoms with van der Waals surface area (Å²) in [6, 6.07) is 0. The highest BCUT2D eigenvalue weighted by Gasteiger charge is 2.15. The Kier molecular flexibility index (Phi) is 2.47. The van der Waals surface area contributed by atoms with Gasteiger partial charge in [0.15, 0.2) is 0 Å². The lowest BCUT2D eigenvalue weighted by atomic mass is 10.2. The van der Waals surface area contributed by atoms with E-state index in [1.54, 1.807) is 6.92 Å². The van der Waals surface area contributed by atoms with Gasteiger partial charge < -0.3 is 5.73 Å². The van der Waals surface area contributed by atoms with Crippen molar-refractivity contribution in [3.05, 3.63) is 22.5 Å². The largest absolute Gasteiger partial charge is 0.397 e. The summed E-state index contributed by atoms with van der Waals surface area (Å²) in [5, 5.41) is 0.303. The van der Waals surface area contributed by atoms with Crippen molar-refractivity contribution in [1.82, 2.24) is 4.98 Å². The van der Waals surface area contributed by atoms with E-state index in [1.165, 1.54) is 6.20 Å². The second-order valence-electron chi connectivity index (χ2n) is 2.33. The molecule has 0 aliphatic heterocycles. The fraction of sp³-hybridized carbons (Fsp3) is 0.286. The van der Waals surface area contributed by atoms with E-state index in [1.807, 2.05) is 0 Å². The van der Waals surface area contributed by atoms with Crippen molar-refractivity contribution in [2.75, 3.05) is 5.73 Å². The lowest BCUT2D eigenvalue weighted by Crippen LogP contribution is -2.01. The van der Waals surface area contributed by atoms with Gasteiger partial charge in [-0.1, -0.05) is 11.6 Å². The van der Waals surface area contributed by atoms with Crippen LogP contribution >= 0.6 is 11.6 Å². The number of rotatable bonds is 1. The van der Waals surface area contributed by atoms with E-state index in [0.717, 1.165) is 0 Å². The minimum absolute atomic E-state index is 0.0301. The molecule has 1 heterocycles. The Labute approximate surface area is 73.4 Å². The molecule has 2 N–H and O–H groups in total. The van der Waals surface area contributed by atoms with Crippen LogP contribution in [-0.4, -0.2) is 4.98 Å². The number of aromatic nitrogens is 1. The summed E-state index contributed by atoms with van der Waals surface area (Å²) in [4.78, 5) is 3.43. The van der Waals surface area contributed by atoms with E-state index in [2.05, 4.69) is 4.98 Å². The predicted octanol–water partition coefficient (Wildman–Crippen LogP) is 2.56. The Balaban J connectivity index is 3.27.